The Morgan fingerprint density at radius 3 is 2.84 bits per heavy atom. The molecule has 4 rings (SSSR count). The molecule has 1 fully saturated rings. The van der Waals surface area contributed by atoms with E-state index in [1.165, 1.54) is 6.42 Å². The van der Waals surface area contributed by atoms with Crippen LogP contribution in [0.3, 0.4) is 0 Å². The minimum Gasteiger partial charge on any atom is -0.497 e. The van der Waals surface area contributed by atoms with Crippen molar-refractivity contribution in [1.29, 1.82) is 0 Å². The number of fused-ring (bicyclic) bond motifs is 1. The number of furan rings is 1. The van der Waals surface area contributed by atoms with Crippen LogP contribution >= 0.6 is 0 Å². The largest absolute Gasteiger partial charge is 0.497 e. The van der Waals surface area contributed by atoms with Gasteiger partial charge in [-0.2, -0.15) is 0 Å². The summed E-state index contributed by atoms with van der Waals surface area (Å²) in [6.45, 7) is 4.67. The fourth-order valence-corrected chi connectivity index (χ4v) is 3.25. The summed E-state index contributed by atoms with van der Waals surface area (Å²) in [7, 11) is 1.67. The van der Waals surface area contributed by atoms with Crippen molar-refractivity contribution in [2.24, 2.45) is 0 Å². The van der Waals surface area contributed by atoms with E-state index in [0.29, 0.717) is 18.4 Å². The quantitative estimate of drug-likeness (QED) is 0.722. The van der Waals surface area contributed by atoms with Gasteiger partial charge in [-0.05, 0) is 44.9 Å². The van der Waals surface area contributed by atoms with Gasteiger partial charge in [0.25, 0.3) is 0 Å². The van der Waals surface area contributed by atoms with Gasteiger partial charge < -0.3 is 13.6 Å². The number of aryl methyl sites for hydroxylation is 1. The third kappa shape index (κ3) is 3.02. The Morgan fingerprint density at radius 1 is 1.28 bits per heavy atom. The summed E-state index contributed by atoms with van der Waals surface area (Å²) in [5.74, 6) is 3.62. The molecule has 1 atom stereocenters. The summed E-state index contributed by atoms with van der Waals surface area (Å²) in [5.41, 5.74) is 1.99. The van der Waals surface area contributed by atoms with Gasteiger partial charge in [-0.3, -0.25) is 5.32 Å². The first-order valence-electron chi connectivity index (χ1n) is 8.78. The topological polar surface area (TPSA) is 73.3 Å². The van der Waals surface area contributed by atoms with Crippen molar-refractivity contribution in [1.82, 2.24) is 15.5 Å². The van der Waals surface area contributed by atoms with Crippen LogP contribution in [0, 0.1) is 6.92 Å². The molecule has 0 saturated heterocycles. The van der Waals surface area contributed by atoms with Crippen LogP contribution < -0.4 is 10.1 Å². The molecule has 132 valence electrons. The summed E-state index contributed by atoms with van der Waals surface area (Å²) in [6, 6.07) is 5.90. The molecule has 6 heteroatoms. The molecule has 1 unspecified atom stereocenters. The van der Waals surface area contributed by atoms with Crippen molar-refractivity contribution < 1.29 is 13.6 Å². The SMILES string of the molecule is COc1ccc2oc(C(C)NCc3nnc(C4CCC4)o3)c(C)c2c1. The lowest BCUT2D eigenvalue weighted by Gasteiger charge is -2.20. The highest BCUT2D eigenvalue weighted by molar-refractivity contribution is 5.83. The second-order valence-electron chi connectivity index (χ2n) is 6.72. The summed E-state index contributed by atoms with van der Waals surface area (Å²) >= 11 is 0. The highest BCUT2D eigenvalue weighted by Gasteiger charge is 2.25. The average molecular weight is 341 g/mol. The highest BCUT2D eigenvalue weighted by Crippen LogP contribution is 2.35. The molecule has 1 N–H and O–H groups in total. The summed E-state index contributed by atoms with van der Waals surface area (Å²) in [5, 5.41) is 12.8. The van der Waals surface area contributed by atoms with E-state index in [-0.39, 0.29) is 6.04 Å². The number of ether oxygens (including phenoxy) is 1. The Kier molecular flexibility index (Phi) is 4.21. The van der Waals surface area contributed by atoms with Crippen molar-refractivity contribution >= 4 is 11.0 Å². The van der Waals surface area contributed by atoms with E-state index in [0.717, 1.165) is 46.8 Å². The van der Waals surface area contributed by atoms with Gasteiger partial charge in [-0.1, -0.05) is 6.42 Å². The van der Waals surface area contributed by atoms with Crippen molar-refractivity contribution in [3.8, 4) is 5.75 Å². The van der Waals surface area contributed by atoms with Crippen LogP contribution in [0.5, 0.6) is 5.75 Å². The average Bonchev–Trinajstić information content (AvgIpc) is 3.16. The Bertz CT molecular complexity index is 879. The minimum atomic E-state index is 0.0393. The second-order valence-corrected chi connectivity index (χ2v) is 6.72. The van der Waals surface area contributed by atoms with E-state index in [1.807, 2.05) is 18.2 Å². The number of benzene rings is 1. The van der Waals surface area contributed by atoms with Gasteiger partial charge in [-0.15, -0.1) is 10.2 Å². The Labute approximate surface area is 146 Å². The smallest absolute Gasteiger partial charge is 0.230 e. The summed E-state index contributed by atoms with van der Waals surface area (Å²) < 4.78 is 17.1. The molecule has 2 aromatic heterocycles. The number of hydrogen-bond acceptors (Lipinski definition) is 6. The van der Waals surface area contributed by atoms with E-state index in [4.69, 9.17) is 13.6 Å². The highest BCUT2D eigenvalue weighted by atomic mass is 16.5. The monoisotopic (exact) mass is 341 g/mol. The van der Waals surface area contributed by atoms with Crippen LogP contribution in [0.15, 0.2) is 27.0 Å². The summed E-state index contributed by atoms with van der Waals surface area (Å²) in [6.07, 6.45) is 3.58. The fourth-order valence-electron chi connectivity index (χ4n) is 3.25. The van der Waals surface area contributed by atoms with Gasteiger partial charge in [0.1, 0.15) is 17.1 Å². The Morgan fingerprint density at radius 2 is 2.12 bits per heavy atom. The first kappa shape index (κ1) is 16.1. The third-order valence-electron chi connectivity index (χ3n) is 5.07. The molecule has 1 aromatic carbocycles. The van der Waals surface area contributed by atoms with Crippen LogP contribution in [0.2, 0.25) is 0 Å². The Balaban J connectivity index is 1.47. The molecule has 0 amide bonds. The molecule has 6 nitrogen and oxygen atoms in total. The zero-order valence-corrected chi connectivity index (χ0v) is 14.8. The van der Waals surface area contributed by atoms with Crippen LogP contribution in [0.1, 0.15) is 61.3 Å². The van der Waals surface area contributed by atoms with Crippen LogP contribution in [0.25, 0.3) is 11.0 Å². The van der Waals surface area contributed by atoms with Gasteiger partial charge >= 0.3 is 0 Å². The molecule has 3 aromatic rings. The van der Waals surface area contributed by atoms with Crippen molar-refractivity contribution in [3.63, 3.8) is 0 Å². The predicted molar refractivity (Wildman–Crippen MR) is 93.6 cm³/mol. The van der Waals surface area contributed by atoms with Crippen molar-refractivity contribution in [2.45, 2.75) is 51.6 Å². The molecule has 0 bridgehead atoms. The number of hydrogen-bond donors (Lipinski definition) is 1. The molecule has 0 spiro atoms. The van der Waals surface area contributed by atoms with E-state index in [9.17, 15) is 0 Å². The lowest BCUT2D eigenvalue weighted by Crippen LogP contribution is -2.18. The summed E-state index contributed by atoms with van der Waals surface area (Å²) in [4.78, 5) is 0. The number of methoxy groups -OCH3 is 1. The first-order chi connectivity index (χ1) is 12.2. The van der Waals surface area contributed by atoms with Gasteiger partial charge in [0.15, 0.2) is 0 Å². The lowest BCUT2D eigenvalue weighted by atomic mass is 9.85. The number of aromatic nitrogens is 2. The van der Waals surface area contributed by atoms with Crippen molar-refractivity contribution in [3.05, 3.63) is 41.3 Å². The van der Waals surface area contributed by atoms with Crippen LogP contribution in [-0.2, 0) is 6.54 Å². The molecular formula is C19H23N3O3. The maximum Gasteiger partial charge on any atom is 0.230 e. The van der Waals surface area contributed by atoms with Gasteiger partial charge in [-0.25, -0.2) is 0 Å². The van der Waals surface area contributed by atoms with E-state index in [2.05, 4.69) is 29.4 Å². The number of rotatable bonds is 6. The van der Waals surface area contributed by atoms with E-state index < -0.39 is 0 Å². The van der Waals surface area contributed by atoms with Crippen molar-refractivity contribution in [2.75, 3.05) is 7.11 Å². The number of nitrogens with one attached hydrogen (secondary N) is 1. The zero-order valence-electron chi connectivity index (χ0n) is 14.8. The minimum absolute atomic E-state index is 0.0393. The van der Waals surface area contributed by atoms with Gasteiger partial charge in [0.2, 0.25) is 11.8 Å². The van der Waals surface area contributed by atoms with Crippen LogP contribution in [-0.4, -0.2) is 17.3 Å². The fraction of sp³-hybridized carbons (Fsp3) is 0.474. The van der Waals surface area contributed by atoms with Gasteiger partial charge in [0.05, 0.1) is 19.7 Å². The molecule has 25 heavy (non-hydrogen) atoms. The molecule has 1 saturated carbocycles. The third-order valence-corrected chi connectivity index (χ3v) is 5.07. The maximum atomic E-state index is 6.03. The number of nitrogens with zero attached hydrogens (tertiary/aromatic N) is 2. The molecule has 2 heterocycles. The standard InChI is InChI=1S/C19H23N3O3/c1-11-15-9-14(23-3)7-8-16(15)24-18(11)12(2)20-10-17-21-22-19(25-17)13-5-4-6-13/h7-9,12-13,20H,4-6,10H2,1-3H3. The molecule has 0 radical (unpaired) electrons. The Hall–Kier alpha value is -2.34. The molecular weight excluding hydrogens is 318 g/mol. The molecule has 1 aliphatic rings. The van der Waals surface area contributed by atoms with Gasteiger partial charge in [0, 0.05) is 16.9 Å². The molecule has 1 aliphatic carbocycles. The van der Waals surface area contributed by atoms with E-state index in [1.54, 1.807) is 7.11 Å². The maximum absolute atomic E-state index is 6.03. The normalized spacial score (nSPS) is 16.1. The van der Waals surface area contributed by atoms with Crippen LogP contribution in [0.4, 0.5) is 0 Å². The second kappa shape index (κ2) is 6.52. The lowest BCUT2D eigenvalue weighted by molar-refractivity contribution is 0.318. The molecule has 0 aliphatic heterocycles. The van der Waals surface area contributed by atoms with E-state index >= 15 is 0 Å². The first-order valence-corrected chi connectivity index (χ1v) is 8.78. The predicted octanol–water partition coefficient (Wildman–Crippen LogP) is 4.25. The zero-order chi connectivity index (χ0) is 17.4.